The van der Waals surface area contributed by atoms with Crippen LogP contribution in [0.2, 0.25) is 19.6 Å². The van der Waals surface area contributed by atoms with Crippen LogP contribution in [0.3, 0.4) is 0 Å². The zero-order chi connectivity index (χ0) is 13.1. The van der Waals surface area contributed by atoms with E-state index < -0.39 is 13.0 Å². The van der Waals surface area contributed by atoms with Gasteiger partial charge >= 0.3 is 0 Å². The fraction of sp³-hybridized carbons (Fsp3) is 0.250. The van der Waals surface area contributed by atoms with E-state index in [1.54, 1.807) is 12.1 Å². The van der Waals surface area contributed by atoms with E-state index in [0.29, 0.717) is 0 Å². The second-order valence-electron chi connectivity index (χ2n) is 4.84. The summed E-state index contributed by atoms with van der Waals surface area (Å²) >= 11 is 0. The first kappa shape index (κ1) is 13.3. The molecule has 1 aromatic rings. The summed E-state index contributed by atoms with van der Waals surface area (Å²) in [6, 6.07) is 6.00. The zero-order valence-electron chi connectivity index (χ0n) is 10.1. The molecule has 0 fully saturated rings. The lowest BCUT2D eigenvalue weighted by atomic mass is 10.1. The SMILES string of the molecule is C[Si](C)(C)/C=C/C(=O)c1ccccc1[N+](=O)[O-]. The monoisotopic (exact) mass is 249 g/mol. The highest BCUT2D eigenvalue weighted by Crippen LogP contribution is 2.18. The molecule has 0 spiro atoms. The summed E-state index contributed by atoms with van der Waals surface area (Å²) in [5, 5.41) is 10.8. The Morgan fingerprint density at radius 3 is 2.41 bits per heavy atom. The Morgan fingerprint density at radius 1 is 1.29 bits per heavy atom. The molecule has 0 bridgehead atoms. The normalized spacial score (nSPS) is 11.7. The van der Waals surface area contributed by atoms with E-state index in [2.05, 4.69) is 19.6 Å². The molecule has 0 radical (unpaired) electrons. The molecule has 0 amide bonds. The molecule has 0 N–H and O–H groups in total. The van der Waals surface area contributed by atoms with Gasteiger partial charge in [-0.3, -0.25) is 14.9 Å². The average Bonchev–Trinajstić information content (AvgIpc) is 2.25. The van der Waals surface area contributed by atoms with Gasteiger partial charge in [0.2, 0.25) is 0 Å². The van der Waals surface area contributed by atoms with E-state index in [0.717, 1.165) is 0 Å². The first-order valence-electron chi connectivity index (χ1n) is 5.28. The van der Waals surface area contributed by atoms with Crippen molar-refractivity contribution in [3.63, 3.8) is 0 Å². The van der Waals surface area contributed by atoms with E-state index in [9.17, 15) is 14.9 Å². The van der Waals surface area contributed by atoms with Crippen molar-refractivity contribution < 1.29 is 9.72 Å². The van der Waals surface area contributed by atoms with Crippen molar-refractivity contribution in [1.29, 1.82) is 0 Å². The van der Waals surface area contributed by atoms with Crippen molar-refractivity contribution in [2.45, 2.75) is 19.6 Å². The van der Waals surface area contributed by atoms with Crippen LogP contribution in [0.15, 0.2) is 36.0 Å². The highest BCUT2D eigenvalue weighted by molar-refractivity contribution is 6.81. The Labute approximate surface area is 101 Å². The summed E-state index contributed by atoms with van der Waals surface area (Å²) in [7, 11) is -1.47. The predicted octanol–water partition coefficient (Wildman–Crippen LogP) is 3.21. The topological polar surface area (TPSA) is 60.2 Å². The van der Waals surface area contributed by atoms with E-state index in [1.807, 2.05) is 5.70 Å². The molecule has 0 heterocycles. The fourth-order valence-corrected chi connectivity index (χ4v) is 1.91. The smallest absolute Gasteiger partial charge is 0.280 e. The minimum Gasteiger partial charge on any atom is -0.289 e. The molecule has 1 aromatic carbocycles. The number of allylic oxidation sites excluding steroid dienone is 1. The lowest BCUT2D eigenvalue weighted by molar-refractivity contribution is -0.385. The second kappa shape index (κ2) is 5.05. The Morgan fingerprint density at radius 2 is 1.88 bits per heavy atom. The fourth-order valence-electron chi connectivity index (χ4n) is 1.26. The number of para-hydroxylation sites is 1. The minimum absolute atomic E-state index is 0.141. The highest BCUT2D eigenvalue weighted by Gasteiger charge is 2.17. The number of ketones is 1. The highest BCUT2D eigenvalue weighted by atomic mass is 28.3. The summed E-state index contributed by atoms with van der Waals surface area (Å²) in [4.78, 5) is 22.1. The van der Waals surface area contributed by atoms with Gasteiger partial charge in [0.05, 0.1) is 18.6 Å². The van der Waals surface area contributed by atoms with Gasteiger partial charge in [-0.25, -0.2) is 0 Å². The van der Waals surface area contributed by atoms with Gasteiger partial charge in [0.25, 0.3) is 5.69 Å². The number of hydrogen-bond acceptors (Lipinski definition) is 3. The Balaban J connectivity index is 3.05. The van der Waals surface area contributed by atoms with Crippen molar-refractivity contribution >= 4 is 19.5 Å². The minimum atomic E-state index is -1.47. The summed E-state index contributed by atoms with van der Waals surface area (Å²) in [5.74, 6) is -0.306. The standard InChI is InChI=1S/C12H15NO3Si/c1-17(2,3)9-8-12(14)10-6-4-5-7-11(10)13(15)16/h4-9H,1-3H3/b9-8+. The summed E-state index contributed by atoms with van der Waals surface area (Å²) in [6.45, 7) is 6.28. The number of nitro benzene ring substituents is 1. The molecule has 0 saturated carbocycles. The third-order valence-corrected chi connectivity index (χ3v) is 3.27. The molecule has 90 valence electrons. The maximum absolute atomic E-state index is 11.8. The molecule has 0 aliphatic heterocycles. The van der Waals surface area contributed by atoms with Gasteiger partial charge < -0.3 is 0 Å². The van der Waals surface area contributed by atoms with Crippen LogP contribution in [-0.4, -0.2) is 18.8 Å². The van der Waals surface area contributed by atoms with Crippen LogP contribution in [-0.2, 0) is 0 Å². The number of nitrogens with zero attached hydrogens (tertiary/aromatic N) is 1. The average molecular weight is 249 g/mol. The maximum Gasteiger partial charge on any atom is 0.280 e. The molecular formula is C12H15NO3Si. The number of nitro groups is 1. The Bertz CT molecular complexity index is 475. The van der Waals surface area contributed by atoms with Gasteiger partial charge in [0.1, 0.15) is 0 Å². The van der Waals surface area contributed by atoms with E-state index in [1.165, 1.54) is 18.2 Å². The molecule has 5 heteroatoms. The molecule has 0 aliphatic carbocycles. The van der Waals surface area contributed by atoms with Crippen LogP contribution in [0.25, 0.3) is 0 Å². The van der Waals surface area contributed by atoms with Crippen LogP contribution in [0.5, 0.6) is 0 Å². The van der Waals surface area contributed by atoms with Crippen molar-refractivity contribution in [1.82, 2.24) is 0 Å². The Hall–Kier alpha value is -1.75. The van der Waals surface area contributed by atoms with Crippen LogP contribution in [0.4, 0.5) is 5.69 Å². The molecule has 4 nitrogen and oxygen atoms in total. The third-order valence-electron chi connectivity index (χ3n) is 2.10. The lowest BCUT2D eigenvalue weighted by Gasteiger charge is -2.07. The van der Waals surface area contributed by atoms with Crippen molar-refractivity contribution in [3.8, 4) is 0 Å². The van der Waals surface area contributed by atoms with Crippen molar-refractivity contribution in [3.05, 3.63) is 51.7 Å². The van der Waals surface area contributed by atoms with Gasteiger partial charge in [-0.15, -0.1) is 0 Å². The van der Waals surface area contributed by atoms with Crippen molar-refractivity contribution in [2.75, 3.05) is 0 Å². The largest absolute Gasteiger partial charge is 0.289 e. The van der Waals surface area contributed by atoms with Crippen molar-refractivity contribution in [2.24, 2.45) is 0 Å². The van der Waals surface area contributed by atoms with Crippen LogP contribution < -0.4 is 0 Å². The summed E-state index contributed by atoms with van der Waals surface area (Å²) in [5.41, 5.74) is 1.89. The lowest BCUT2D eigenvalue weighted by Crippen LogP contribution is -2.16. The van der Waals surface area contributed by atoms with Crippen LogP contribution in [0.1, 0.15) is 10.4 Å². The predicted molar refractivity (Wildman–Crippen MR) is 69.9 cm³/mol. The number of carbonyl (C=O) groups is 1. The molecule has 0 aromatic heterocycles. The molecular weight excluding hydrogens is 234 g/mol. The molecule has 0 aliphatic rings. The number of benzene rings is 1. The van der Waals surface area contributed by atoms with Gasteiger partial charge in [-0.05, 0) is 12.1 Å². The second-order valence-corrected chi connectivity index (χ2v) is 9.90. The number of carbonyl (C=O) groups excluding carboxylic acids is 1. The van der Waals surface area contributed by atoms with E-state index in [-0.39, 0.29) is 17.0 Å². The first-order chi connectivity index (χ1) is 7.81. The third kappa shape index (κ3) is 3.95. The molecule has 1 rings (SSSR count). The molecule has 17 heavy (non-hydrogen) atoms. The van der Waals surface area contributed by atoms with Gasteiger partial charge in [-0.1, -0.05) is 37.5 Å². The van der Waals surface area contributed by atoms with Crippen LogP contribution >= 0.6 is 0 Å². The quantitative estimate of drug-likeness (QED) is 0.271. The van der Waals surface area contributed by atoms with E-state index >= 15 is 0 Å². The van der Waals surface area contributed by atoms with Gasteiger partial charge in [-0.2, -0.15) is 0 Å². The summed E-state index contributed by atoms with van der Waals surface area (Å²) in [6.07, 6.45) is 1.45. The molecule has 0 atom stereocenters. The maximum atomic E-state index is 11.8. The molecule has 0 unspecified atom stereocenters. The van der Waals surface area contributed by atoms with Gasteiger partial charge in [0.15, 0.2) is 5.78 Å². The summed E-state index contributed by atoms with van der Waals surface area (Å²) < 4.78 is 0. The van der Waals surface area contributed by atoms with Gasteiger partial charge in [0, 0.05) is 6.07 Å². The Kier molecular flexibility index (Phi) is 3.96. The molecule has 0 saturated heterocycles. The first-order valence-corrected chi connectivity index (χ1v) is 8.86. The zero-order valence-corrected chi connectivity index (χ0v) is 11.1. The van der Waals surface area contributed by atoms with Crippen LogP contribution in [0, 0.1) is 10.1 Å². The van der Waals surface area contributed by atoms with E-state index in [4.69, 9.17) is 0 Å². The number of rotatable bonds is 4. The number of hydrogen-bond donors (Lipinski definition) is 0.